The number of benzene rings is 1. The van der Waals surface area contributed by atoms with Crippen molar-refractivity contribution in [3.05, 3.63) is 34.4 Å². The Labute approximate surface area is 256 Å². The largest absolute Gasteiger partial charge is 0.513 e. The molecule has 3 N–H and O–H groups in total. The van der Waals surface area contributed by atoms with Crippen molar-refractivity contribution >= 4 is 62.7 Å². The highest BCUT2D eigenvalue weighted by Gasteiger charge is 2.16. The number of unbranched alkanes of at least 4 members (excludes halogenated alkanes) is 1. The minimum atomic E-state index is -1.06. The first-order valence-corrected chi connectivity index (χ1v) is 16.2. The van der Waals surface area contributed by atoms with E-state index in [1.807, 2.05) is 21.6 Å². The molecule has 1 aromatic rings. The van der Waals surface area contributed by atoms with Gasteiger partial charge in [-0.2, -0.15) is 0 Å². The number of nitro groups is 1. The van der Waals surface area contributed by atoms with E-state index in [0.29, 0.717) is 11.7 Å². The second-order valence-electron chi connectivity index (χ2n) is 9.51. The molecule has 1 heterocycles. The van der Waals surface area contributed by atoms with Crippen molar-refractivity contribution in [3.8, 4) is 5.75 Å². The first kappa shape index (κ1) is 35.5. The van der Waals surface area contributed by atoms with Crippen LogP contribution < -0.4 is 20.7 Å². The summed E-state index contributed by atoms with van der Waals surface area (Å²) in [7, 11) is 3.80. The van der Waals surface area contributed by atoms with Crippen LogP contribution in [0.2, 0.25) is 0 Å². The standard InChI is InChI=1S/C27H36N4O10S2/c32-20(7-11-25(35)28-14-15-40-27(37)41-22-9-5-19(6-10-22)31(38)39)18-30-26(36)12-8-21(33)17-29-24(34)4-2-1-3-23-13-16-42-43-23/h5-6,9-10,23H,1-4,7-8,11-18H2,(H,28,35)(H,29,34)(H,30,36). The molecule has 0 spiro atoms. The summed E-state index contributed by atoms with van der Waals surface area (Å²) in [6.45, 7) is -0.663. The molecule has 14 nitrogen and oxygen atoms in total. The van der Waals surface area contributed by atoms with Crippen LogP contribution in [-0.2, 0) is 28.7 Å². The molecule has 1 aliphatic rings. The normalized spacial score (nSPS) is 13.9. The van der Waals surface area contributed by atoms with Crippen molar-refractivity contribution in [1.29, 1.82) is 0 Å². The average molecular weight is 641 g/mol. The number of ketones is 2. The monoisotopic (exact) mass is 640 g/mol. The molecule has 1 unspecified atom stereocenters. The number of nitrogens with zero attached hydrogens (tertiary/aromatic N) is 1. The van der Waals surface area contributed by atoms with E-state index in [1.54, 1.807) is 0 Å². The van der Waals surface area contributed by atoms with E-state index in [1.165, 1.54) is 36.4 Å². The number of hydrogen-bond donors (Lipinski definition) is 3. The number of nitrogens with one attached hydrogen (secondary N) is 3. The summed E-state index contributed by atoms with van der Waals surface area (Å²) >= 11 is 0. The number of non-ortho nitro benzene ring substituents is 1. The van der Waals surface area contributed by atoms with Crippen LogP contribution in [0.15, 0.2) is 24.3 Å². The molecule has 0 radical (unpaired) electrons. The van der Waals surface area contributed by atoms with Gasteiger partial charge in [-0.05, 0) is 31.4 Å². The molecule has 0 bridgehead atoms. The highest BCUT2D eigenvalue weighted by Crippen LogP contribution is 2.39. The molecular formula is C27H36N4O10S2. The molecule has 16 heteroatoms. The molecule has 2 rings (SSSR count). The van der Waals surface area contributed by atoms with Gasteiger partial charge in [0.25, 0.3) is 5.69 Å². The van der Waals surface area contributed by atoms with Crippen molar-refractivity contribution in [1.82, 2.24) is 16.0 Å². The maximum Gasteiger partial charge on any atom is 0.513 e. The number of rotatable bonds is 20. The Morgan fingerprint density at radius 3 is 2.02 bits per heavy atom. The fourth-order valence-electron chi connectivity index (χ4n) is 3.65. The van der Waals surface area contributed by atoms with Gasteiger partial charge >= 0.3 is 6.16 Å². The molecule has 0 saturated carbocycles. The van der Waals surface area contributed by atoms with Crippen LogP contribution >= 0.6 is 21.6 Å². The molecule has 43 heavy (non-hydrogen) atoms. The van der Waals surface area contributed by atoms with E-state index in [4.69, 9.17) is 9.47 Å². The lowest BCUT2D eigenvalue weighted by Gasteiger charge is -2.08. The van der Waals surface area contributed by atoms with E-state index in [0.717, 1.165) is 19.3 Å². The van der Waals surface area contributed by atoms with Gasteiger partial charge in [0.15, 0.2) is 11.6 Å². The third-order valence-corrected chi connectivity index (χ3v) is 9.03. The molecule has 0 aromatic heterocycles. The number of carbonyl (C=O) groups is 6. The minimum Gasteiger partial charge on any atom is -0.432 e. The number of hydrogen-bond acceptors (Lipinski definition) is 12. The van der Waals surface area contributed by atoms with Gasteiger partial charge in [-0.3, -0.25) is 34.1 Å². The first-order valence-electron chi connectivity index (χ1n) is 13.8. The molecule has 1 aromatic carbocycles. The fraction of sp³-hybridized carbons (Fsp3) is 0.556. The third-order valence-electron chi connectivity index (χ3n) is 6.03. The summed E-state index contributed by atoms with van der Waals surface area (Å²) in [6.07, 6.45) is 2.92. The van der Waals surface area contributed by atoms with Gasteiger partial charge in [-0.1, -0.05) is 28.0 Å². The van der Waals surface area contributed by atoms with Crippen LogP contribution in [-0.4, -0.2) is 77.6 Å². The van der Waals surface area contributed by atoms with Crippen LogP contribution in [0.1, 0.15) is 57.8 Å². The van der Waals surface area contributed by atoms with E-state index in [2.05, 4.69) is 16.0 Å². The summed E-state index contributed by atoms with van der Waals surface area (Å²) in [5.41, 5.74) is -0.164. The Morgan fingerprint density at radius 1 is 0.837 bits per heavy atom. The molecule has 1 atom stereocenters. The second kappa shape index (κ2) is 20.3. The lowest BCUT2D eigenvalue weighted by Crippen LogP contribution is -2.33. The zero-order chi connectivity index (χ0) is 31.5. The van der Waals surface area contributed by atoms with Crippen molar-refractivity contribution in [2.45, 2.75) is 63.0 Å². The number of carbonyl (C=O) groups excluding carboxylic acids is 6. The van der Waals surface area contributed by atoms with Crippen molar-refractivity contribution < 1.29 is 43.2 Å². The molecule has 236 valence electrons. The highest BCUT2D eigenvalue weighted by molar-refractivity contribution is 8.77. The molecular weight excluding hydrogens is 604 g/mol. The lowest BCUT2D eigenvalue weighted by molar-refractivity contribution is -0.384. The zero-order valence-electron chi connectivity index (χ0n) is 23.6. The minimum absolute atomic E-state index is 0.0352. The Hall–Kier alpha value is -3.66. The Balaban J connectivity index is 1.44. The fourth-order valence-corrected chi connectivity index (χ4v) is 6.68. The first-order chi connectivity index (χ1) is 20.6. The van der Waals surface area contributed by atoms with Gasteiger partial charge in [-0.25, -0.2) is 4.79 Å². The highest BCUT2D eigenvalue weighted by atomic mass is 33.1. The number of ether oxygens (including phenoxy) is 2. The maximum absolute atomic E-state index is 12.0. The Kier molecular flexibility index (Phi) is 16.8. The van der Waals surface area contributed by atoms with Gasteiger partial charge < -0.3 is 25.4 Å². The van der Waals surface area contributed by atoms with Gasteiger partial charge in [0, 0.05) is 55.2 Å². The quantitative estimate of drug-likeness (QED) is 0.0471. The van der Waals surface area contributed by atoms with Crippen molar-refractivity contribution in [2.24, 2.45) is 0 Å². The summed E-state index contributed by atoms with van der Waals surface area (Å²) < 4.78 is 9.65. The van der Waals surface area contributed by atoms with Gasteiger partial charge in [-0.15, -0.1) is 0 Å². The zero-order valence-corrected chi connectivity index (χ0v) is 25.3. The number of Topliss-reactive ketones (excluding diaryl/α,β-unsaturated/α-hetero) is 2. The van der Waals surface area contributed by atoms with E-state index in [9.17, 15) is 38.9 Å². The molecule has 1 fully saturated rings. The van der Waals surface area contributed by atoms with Gasteiger partial charge in [0.2, 0.25) is 17.7 Å². The Bertz CT molecular complexity index is 1130. The summed E-state index contributed by atoms with van der Waals surface area (Å²) in [5.74, 6) is -0.566. The topological polar surface area (TPSA) is 200 Å². The molecule has 3 amide bonds. The van der Waals surface area contributed by atoms with Crippen LogP contribution in [0.3, 0.4) is 0 Å². The van der Waals surface area contributed by atoms with E-state index >= 15 is 0 Å². The SMILES string of the molecule is O=C(CCC(=O)NCC(=O)CCC(=O)NCCOC(=O)Oc1ccc([N+](=O)[O-])cc1)CNC(=O)CCCCC1CCSS1. The number of nitro benzene ring substituents is 1. The van der Waals surface area contributed by atoms with Crippen molar-refractivity contribution in [3.63, 3.8) is 0 Å². The predicted molar refractivity (Wildman–Crippen MR) is 160 cm³/mol. The summed E-state index contributed by atoms with van der Waals surface area (Å²) in [5, 5.41) is 18.7. The molecule has 1 saturated heterocycles. The second-order valence-corrected chi connectivity index (χ2v) is 12.3. The average Bonchev–Trinajstić information content (AvgIpc) is 3.51. The van der Waals surface area contributed by atoms with Crippen LogP contribution in [0, 0.1) is 10.1 Å². The van der Waals surface area contributed by atoms with E-state index < -0.39 is 22.9 Å². The lowest BCUT2D eigenvalue weighted by atomic mass is 10.1. The van der Waals surface area contributed by atoms with Crippen molar-refractivity contribution in [2.75, 3.05) is 32.0 Å². The smallest absolute Gasteiger partial charge is 0.432 e. The predicted octanol–water partition coefficient (Wildman–Crippen LogP) is 2.87. The van der Waals surface area contributed by atoms with Gasteiger partial charge in [0.05, 0.1) is 24.6 Å². The molecule has 1 aliphatic heterocycles. The van der Waals surface area contributed by atoms with Crippen LogP contribution in [0.4, 0.5) is 10.5 Å². The van der Waals surface area contributed by atoms with E-state index in [-0.39, 0.29) is 80.8 Å². The summed E-state index contributed by atoms with van der Waals surface area (Å²) in [4.78, 5) is 81.3. The number of amides is 3. The van der Waals surface area contributed by atoms with Gasteiger partial charge in [0.1, 0.15) is 12.4 Å². The maximum atomic E-state index is 12.0. The van der Waals surface area contributed by atoms with Crippen LogP contribution in [0.25, 0.3) is 0 Å². The third kappa shape index (κ3) is 16.5. The van der Waals surface area contributed by atoms with Crippen LogP contribution in [0.5, 0.6) is 5.75 Å². The Morgan fingerprint density at radius 2 is 1.44 bits per heavy atom. The summed E-state index contributed by atoms with van der Waals surface area (Å²) in [6, 6.07) is 4.81. The molecule has 0 aliphatic carbocycles.